The van der Waals surface area contributed by atoms with Gasteiger partial charge in [0.25, 0.3) is 5.91 Å². The number of aromatic nitrogens is 2. The SMILES string of the molecule is Cc1ccc(CNC(=O)[C@@H]2COCCCCCCCn3ccnc3C(=O)N[C@@H](CC(=O)NCC(C)(C)C)C(=O)N2)cc1. The van der Waals surface area contributed by atoms with E-state index in [0.29, 0.717) is 19.7 Å². The van der Waals surface area contributed by atoms with Gasteiger partial charge in [-0.2, -0.15) is 0 Å². The number of benzene rings is 1. The van der Waals surface area contributed by atoms with Crippen LogP contribution in [0.2, 0.25) is 0 Å². The third-order valence-electron chi connectivity index (χ3n) is 6.94. The molecular weight excluding hydrogens is 536 g/mol. The Labute approximate surface area is 248 Å². The Balaban J connectivity index is 1.79. The molecule has 0 spiro atoms. The van der Waals surface area contributed by atoms with E-state index in [1.807, 2.05) is 52.0 Å². The maximum absolute atomic E-state index is 13.6. The smallest absolute Gasteiger partial charge is 0.287 e. The van der Waals surface area contributed by atoms with Crippen LogP contribution in [0.1, 0.15) is 81.0 Å². The highest BCUT2D eigenvalue weighted by atomic mass is 16.5. The fourth-order valence-corrected chi connectivity index (χ4v) is 4.44. The first-order valence-electron chi connectivity index (χ1n) is 14.8. The summed E-state index contributed by atoms with van der Waals surface area (Å²) in [4.78, 5) is 57.1. The highest BCUT2D eigenvalue weighted by molar-refractivity contribution is 5.98. The van der Waals surface area contributed by atoms with Gasteiger partial charge in [0.05, 0.1) is 13.0 Å². The molecule has 0 fully saturated rings. The molecule has 11 heteroatoms. The number of carbonyl (C=O) groups excluding carboxylic acids is 4. The van der Waals surface area contributed by atoms with Gasteiger partial charge in [-0.05, 0) is 30.7 Å². The number of hydrogen-bond acceptors (Lipinski definition) is 6. The average molecular weight is 583 g/mol. The van der Waals surface area contributed by atoms with Gasteiger partial charge in [0.2, 0.25) is 17.7 Å². The van der Waals surface area contributed by atoms with E-state index in [2.05, 4.69) is 26.3 Å². The van der Waals surface area contributed by atoms with E-state index in [1.165, 1.54) is 0 Å². The first-order valence-corrected chi connectivity index (χ1v) is 14.8. The van der Waals surface area contributed by atoms with E-state index < -0.39 is 35.7 Å². The Morgan fingerprint density at radius 2 is 1.74 bits per heavy atom. The van der Waals surface area contributed by atoms with Crippen molar-refractivity contribution in [1.29, 1.82) is 0 Å². The van der Waals surface area contributed by atoms with E-state index in [1.54, 1.807) is 17.0 Å². The molecule has 42 heavy (non-hydrogen) atoms. The monoisotopic (exact) mass is 582 g/mol. The van der Waals surface area contributed by atoms with Crippen LogP contribution in [0.25, 0.3) is 0 Å². The molecule has 0 aliphatic carbocycles. The molecule has 0 radical (unpaired) electrons. The molecule has 4 N–H and O–H groups in total. The molecule has 1 aliphatic heterocycles. The third-order valence-corrected chi connectivity index (χ3v) is 6.94. The Kier molecular flexibility index (Phi) is 12.5. The highest BCUT2D eigenvalue weighted by Crippen LogP contribution is 2.11. The molecule has 2 aromatic rings. The van der Waals surface area contributed by atoms with E-state index in [9.17, 15) is 19.2 Å². The number of fused-ring (bicyclic) bond motifs is 1. The maximum Gasteiger partial charge on any atom is 0.287 e. The summed E-state index contributed by atoms with van der Waals surface area (Å²) in [5, 5.41) is 11.1. The van der Waals surface area contributed by atoms with Crippen molar-refractivity contribution < 1.29 is 23.9 Å². The topological polar surface area (TPSA) is 143 Å². The Morgan fingerprint density at radius 1 is 1.02 bits per heavy atom. The molecule has 0 saturated heterocycles. The van der Waals surface area contributed by atoms with Crippen molar-refractivity contribution in [2.75, 3.05) is 19.8 Å². The lowest BCUT2D eigenvalue weighted by Crippen LogP contribution is -2.56. The largest absolute Gasteiger partial charge is 0.379 e. The number of nitrogens with one attached hydrogen (secondary N) is 4. The molecule has 2 atom stereocenters. The fourth-order valence-electron chi connectivity index (χ4n) is 4.44. The molecular formula is C31H46N6O5. The molecule has 0 unspecified atom stereocenters. The minimum atomic E-state index is -1.23. The second kappa shape index (κ2) is 16.1. The first-order chi connectivity index (χ1) is 20.0. The van der Waals surface area contributed by atoms with Crippen LogP contribution in [0.5, 0.6) is 0 Å². The zero-order valence-corrected chi connectivity index (χ0v) is 25.3. The van der Waals surface area contributed by atoms with Crippen LogP contribution < -0.4 is 21.3 Å². The molecule has 230 valence electrons. The van der Waals surface area contributed by atoms with Crippen molar-refractivity contribution in [1.82, 2.24) is 30.8 Å². The van der Waals surface area contributed by atoms with Gasteiger partial charge in [0.1, 0.15) is 12.1 Å². The van der Waals surface area contributed by atoms with Gasteiger partial charge in [0, 0.05) is 38.6 Å². The van der Waals surface area contributed by atoms with Crippen LogP contribution >= 0.6 is 0 Å². The summed E-state index contributed by atoms with van der Waals surface area (Å²) in [6.07, 6.45) is 7.66. The molecule has 4 amide bonds. The van der Waals surface area contributed by atoms with Gasteiger partial charge in [-0.1, -0.05) is 69.9 Å². The number of rotatable bonds is 6. The quantitative estimate of drug-likeness (QED) is 0.412. The summed E-state index contributed by atoms with van der Waals surface area (Å²) in [6.45, 7) is 9.65. The summed E-state index contributed by atoms with van der Waals surface area (Å²) in [5.74, 6) is -1.86. The Hall–Kier alpha value is -3.73. The predicted octanol–water partition coefficient (Wildman–Crippen LogP) is 2.62. The van der Waals surface area contributed by atoms with Crippen molar-refractivity contribution in [2.45, 2.75) is 91.4 Å². The summed E-state index contributed by atoms with van der Waals surface area (Å²) in [7, 11) is 0. The number of ether oxygens (including phenoxy) is 1. The van der Waals surface area contributed by atoms with Crippen LogP contribution in [0.3, 0.4) is 0 Å². The molecule has 0 bridgehead atoms. The van der Waals surface area contributed by atoms with Crippen LogP contribution in [-0.2, 0) is 32.2 Å². The predicted molar refractivity (Wildman–Crippen MR) is 159 cm³/mol. The van der Waals surface area contributed by atoms with Crippen molar-refractivity contribution in [3.8, 4) is 0 Å². The fraction of sp³-hybridized carbons (Fsp3) is 0.581. The molecule has 3 rings (SSSR count). The molecule has 0 saturated carbocycles. The summed E-state index contributed by atoms with van der Waals surface area (Å²) >= 11 is 0. The molecule has 1 aliphatic rings. The molecule has 1 aromatic carbocycles. The number of amides is 4. The van der Waals surface area contributed by atoms with Crippen LogP contribution in [0.15, 0.2) is 36.7 Å². The summed E-state index contributed by atoms with van der Waals surface area (Å²) < 4.78 is 7.56. The molecule has 1 aromatic heterocycles. The number of imidazole rings is 1. The normalized spacial score (nSPS) is 19.5. The van der Waals surface area contributed by atoms with Gasteiger partial charge < -0.3 is 30.6 Å². The number of aryl methyl sites for hydroxylation is 2. The van der Waals surface area contributed by atoms with Crippen molar-refractivity contribution >= 4 is 23.6 Å². The Bertz CT molecular complexity index is 1190. The minimum absolute atomic E-state index is 0.0350. The zero-order valence-electron chi connectivity index (χ0n) is 25.3. The highest BCUT2D eigenvalue weighted by Gasteiger charge is 2.30. The van der Waals surface area contributed by atoms with Crippen LogP contribution in [-0.4, -0.2) is 65.0 Å². The van der Waals surface area contributed by atoms with E-state index in [-0.39, 0.29) is 30.8 Å². The summed E-state index contributed by atoms with van der Waals surface area (Å²) in [6, 6.07) is 5.54. The lowest BCUT2D eigenvalue weighted by atomic mass is 9.97. The molecule has 2 heterocycles. The third kappa shape index (κ3) is 11.3. The van der Waals surface area contributed by atoms with Crippen LogP contribution in [0, 0.1) is 12.3 Å². The first kappa shape index (κ1) is 32.8. The van der Waals surface area contributed by atoms with Crippen molar-refractivity contribution in [2.24, 2.45) is 5.41 Å². The zero-order chi connectivity index (χ0) is 30.5. The van der Waals surface area contributed by atoms with Crippen LogP contribution in [0.4, 0.5) is 0 Å². The van der Waals surface area contributed by atoms with Crippen molar-refractivity contribution in [3.05, 3.63) is 53.6 Å². The van der Waals surface area contributed by atoms with E-state index in [4.69, 9.17) is 4.74 Å². The van der Waals surface area contributed by atoms with Gasteiger partial charge in [0.15, 0.2) is 5.82 Å². The maximum atomic E-state index is 13.6. The average Bonchev–Trinajstić information content (AvgIpc) is 3.41. The molecule has 11 nitrogen and oxygen atoms in total. The summed E-state index contributed by atoms with van der Waals surface area (Å²) in [5.41, 5.74) is 1.87. The van der Waals surface area contributed by atoms with E-state index >= 15 is 0 Å². The van der Waals surface area contributed by atoms with E-state index in [0.717, 1.165) is 43.2 Å². The number of nitrogens with zero attached hydrogens (tertiary/aromatic N) is 2. The van der Waals surface area contributed by atoms with Crippen molar-refractivity contribution in [3.63, 3.8) is 0 Å². The van der Waals surface area contributed by atoms with Gasteiger partial charge in [-0.15, -0.1) is 0 Å². The number of hydrogen-bond donors (Lipinski definition) is 4. The second-order valence-corrected chi connectivity index (χ2v) is 12.1. The van der Waals surface area contributed by atoms with Gasteiger partial charge >= 0.3 is 0 Å². The standard InChI is InChI=1S/C31H46N6O5/c1-22-10-12-23(13-11-22)19-33-28(39)25-20-42-17-9-7-5-6-8-15-37-16-14-32-27(37)30(41)35-24(29(40)36-25)18-26(38)34-21-31(2,3)4/h10-14,16,24-25H,5-9,15,17-21H2,1-4H3,(H,33,39)(H,34,38)(H,35,41)(H,36,40)/t24-,25-/m0/s1. The van der Waals surface area contributed by atoms with Gasteiger partial charge in [-0.25, -0.2) is 4.98 Å². The second-order valence-electron chi connectivity index (χ2n) is 12.1. The Morgan fingerprint density at radius 3 is 2.48 bits per heavy atom. The van der Waals surface area contributed by atoms with Gasteiger partial charge in [-0.3, -0.25) is 19.2 Å². The lowest BCUT2D eigenvalue weighted by molar-refractivity contribution is -0.132. The number of carbonyl (C=O) groups is 4. The lowest BCUT2D eigenvalue weighted by Gasteiger charge is -2.24. The minimum Gasteiger partial charge on any atom is -0.379 e.